The normalized spacial score (nSPS) is 28.1. The highest BCUT2D eigenvalue weighted by Crippen LogP contribution is 2.47. The summed E-state index contributed by atoms with van der Waals surface area (Å²) in [5, 5.41) is 3.03. The summed E-state index contributed by atoms with van der Waals surface area (Å²) in [4.78, 5) is 16.9. The van der Waals surface area contributed by atoms with Crippen LogP contribution in [0.2, 0.25) is 0 Å². The minimum Gasteiger partial charge on any atom is -0.441 e. The standard InChI is InChI=1S/C18H23N3O2.ClH/c1-10-3-2-4-13-17(10)21-14(23-13)7-8-20-18(22)15-11-5-6-12(9-11)16(15)19;/h2-4,11-12,15-16H,5-9,19H2,1H3,(H,20,22);1H. The highest BCUT2D eigenvalue weighted by Gasteiger charge is 2.48. The van der Waals surface area contributed by atoms with Crippen molar-refractivity contribution >= 4 is 29.4 Å². The van der Waals surface area contributed by atoms with Crippen LogP contribution in [-0.4, -0.2) is 23.5 Å². The number of carbonyl (C=O) groups excluding carboxylic acids is 1. The van der Waals surface area contributed by atoms with Crippen LogP contribution in [0.4, 0.5) is 0 Å². The number of aryl methyl sites for hydroxylation is 1. The van der Waals surface area contributed by atoms with Gasteiger partial charge in [-0.05, 0) is 49.7 Å². The van der Waals surface area contributed by atoms with E-state index in [0.29, 0.717) is 30.7 Å². The molecule has 5 nitrogen and oxygen atoms in total. The Balaban J connectivity index is 0.00000169. The molecule has 0 aliphatic heterocycles. The summed E-state index contributed by atoms with van der Waals surface area (Å²) in [7, 11) is 0. The van der Waals surface area contributed by atoms with Crippen LogP contribution in [-0.2, 0) is 11.2 Å². The zero-order chi connectivity index (χ0) is 16.0. The third kappa shape index (κ3) is 2.91. The average Bonchev–Trinajstić information content (AvgIpc) is 3.21. The molecule has 3 N–H and O–H groups in total. The minimum absolute atomic E-state index is 0. The number of aromatic nitrogens is 1. The van der Waals surface area contributed by atoms with Crippen LogP contribution in [0.25, 0.3) is 11.1 Å². The van der Waals surface area contributed by atoms with E-state index in [1.807, 2.05) is 25.1 Å². The van der Waals surface area contributed by atoms with Gasteiger partial charge in [-0.25, -0.2) is 4.98 Å². The summed E-state index contributed by atoms with van der Waals surface area (Å²) < 4.78 is 5.74. The molecule has 4 rings (SSSR count). The molecule has 0 saturated heterocycles. The Labute approximate surface area is 147 Å². The molecule has 2 aliphatic carbocycles. The van der Waals surface area contributed by atoms with E-state index in [4.69, 9.17) is 10.2 Å². The SMILES string of the molecule is Cc1cccc2oc(CCNC(=O)C3C4CCC(C4)C3N)nc12.Cl. The molecule has 6 heteroatoms. The van der Waals surface area contributed by atoms with Crippen molar-refractivity contribution in [1.82, 2.24) is 10.3 Å². The maximum absolute atomic E-state index is 12.4. The van der Waals surface area contributed by atoms with Crippen LogP contribution >= 0.6 is 12.4 Å². The highest BCUT2D eigenvalue weighted by atomic mass is 35.5. The maximum Gasteiger partial charge on any atom is 0.224 e. The number of para-hydroxylation sites is 1. The van der Waals surface area contributed by atoms with Crippen LogP contribution in [0.5, 0.6) is 0 Å². The summed E-state index contributed by atoms with van der Waals surface area (Å²) in [5.74, 6) is 1.82. The fraction of sp³-hybridized carbons (Fsp3) is 0.556. The van der Waals surface area contributed by atoms with Crippen molar-refractivity contribution in [2.75, 3.05) is 6.54 Å². The Morgan fingerprint density at radius 1 is 1.38 bits per heavy atom. The van der Waals surface area contributed by atoms with E-state index in [0.717, 1.165) is 29.5 Å². The molecule has 1 amide bonds. The van der Waals surface area contributed by atoms with Gasteiger partial charge in [-0.2, -0.15) is 0 Å². The summed E-state index contributed by atoms with van der Waals surface area (Å²) in [5.41, 5.74) is 9.04. The lowest BCUT2D eigenvalue weighted by Gasteiger charge is -2.26. The first-order chi connectivity index (χ1) is 11.1. The van der Waals surface area contributed by atoms with Gasteiger partial charge in [0.05, 0.1) is 5.92 Å². The molecule has 0 radical (unpaired) electrons. The van der Waals surface area contributed by atoms with Crippen molar-refractivity contribution in [3.05, 3.63) is 29.7 Å². The lowest BCUT2D eigenvalue weighted by Crippen LogP contribution is -2.45. The molecule has 4 atom stereocenters. The van der Waals surface area contributed by atoms with Crippen LogP contribution in [0, 0.1) is 24.7 Å². The van der Waals surface area contributed by atoms with Crippen LogP contribution < -0.4 is 11.1 Å². The first-order valence-electron chi connectivity index (χ1n) is 8.52. The third-order valence-corrected chi connectivity index (χ3v) is 5.59. The van der Waals surface area contributed by atoms with E-state index in [1.54, 1.807) is 0 Å². The molecule has 2 aromatic rings. The number of amides is 1. The number of fused-ring (bicyclic) bond motifs is 3. The van der Waals surface area contributed by atoms with E-state index in [1.165, 1.54) is 6.42 Å². The first kappa shape index (κ1) is 17.2. The Morgan fingerprint density at radius 2 is 2.17 bits per heavy atom. The molecule has 4 unspecified atom stereocenters. The monoisotopic (exact) mass is 349 g/mol. The summed E-state index contributed by atoms with van der Waals surface area (Å²) in [6.07, 6.45) is 4.08. The van der Waals surface area contributed by atoms with E-state index in [2.05, 4.69) is 10.3 Å². The van der Waals surface area contributed by atoms with Crippen molar-refractivity contribution in [1.29, 1.82) is 0 Å². The summed E-state index contributed by atoms with van der Waals surface area (Å²) >= 11 is 0. The maximum atomic E-state index is 12.4. The number of hydrogen-bond donors (Lipinski definition) is 2. The molecular weight excluding hydrogens is 326 g/mol. The number of carbonyl (C=O) groups is 1. The van der Waals surface area contributed by atoms with Gasteiger partial charge in [0.2, 0.25) is 5.91 Å². The molecule has 2 bridgehead atoms. The third-order valence-electron chi connectivity index (χ3n) is 5.59. The molecule has 24 heavy (non-hydrogen) atoms. The molecule has 2 saturated carbocycles. The molecule has 2 aliphatic rings. The molecule has 130 valence electrons. The first-order valence-corrected chi connectivity index (χ1v) is 8.52. The number of nitrogens with zero attached hydrogens (tertiary/aromatic N) is 1. The number of oxazole rings is 1. The lowest BCUT2D eigenvalue weighted by molar-refractivity contribution is -0.127. The zero-order valence-electron chi connectivity index (χ0n) is 13.8. The van der Waals surface area contributed by atoms with Crippen molar-refractivity contribution < 1.29 is 9.21 Å². The van der Waals surface area contributed by atoms with Crippen LogP contribution in [0.1, 0.15) is 30.7 Å². The van der Waals surface area contributed by atoms with E-state index < -0.39 is 0 Å². The molecular formula is C18H24ClN3O2. The van der Waals surface area contributed by atoms with Gasteiger partial charge >= 0.3 is 0 Å². The van der Waals surface area contributed by atoms with Gasteiger partial charge in [-0.3, -0.25) is 4.79 Å². The fourth-order valence-electron chi connectivity index (χ4n) is 4.37. The predicted molar refractivity (Wildman–Crippen MR) is 95.0 cm³/mol. The Hall–Kier alpha value is -1.59. The second kappa shape index (κ2) is 6.73. The number of hydrogen-bond acceptors (Lipinski definition) is 4. The van der Waals surface area contributed by atoms with Gasteiger partial charge in [0.25, 0.3) is 0 Å². The molecule has 1 aromatic carbocycles. The molecule has 1 aromatic heterocycles. The molecule has 2 fully saturated rings. The predicted octanol–water partition coefficient (Wildman–Crippen LogP) is 2.59. The average molecular weight is 350 g/mol. The minimum atomic E-state index is -0.000345. The number of nitrogens with two attached hydrogens (primary N) is 1. The summed E-state index contributed by atoms with van der Waals surface area (Å²) in [6, 6.07) is 5.95. The lowest BCUT2D eigenvalue weighted by atomic mass is 9.84. The van der Waals surface area contributed by atoms with Gasteiger partial charge in [0.1, 0.15) is 5.52 Å². The summed E-state index contributed by atoms with van der Waals surface area (Å²) in [6.45, 7) is 2.57. The van der Waals surface area contributed by atoms with Gasteiger partial charge in [-0.15, -0.1) is 12.4 Å². The van der Waals surface area contributed by atoms with Gasteiger partial charge in [0.15, 0.2) is 11.5 Å². The molecule has 1 heterocycles. The Morgan fingerprint density at radius 3 is 2.88 bits per heavy atom. The van der Waals surface area contributed by atoms with Crippen LogP contribution in [0.3, 0.4) is 0 Å². The van der Waals surface area contributed by atoms with E-state index in [-0.39, 0.29) is 30.3 Å². The number of nitrogens with one attached hydrogen (secondary N) is 1. The van der Waals surface area contributed by atoms with Crippen molar-refractivity contribution in [2.45, 2.75) is 38.6 Å². The fourth-order valence-corrected chi connectivity index (χ4v) is 4.37. The van der Waals surface area contributed by atoms with Gasteiger partial charge in [-0.1, -0.05) is 12.1 Å². The van der Waals surface area contributed by atoms with E-state index >= 15 is 0 Å². The Bertz CT molecular complexity index is 743. The topological polar surface area (TPSA) is 81.2 Å². The van der Waals surface area contributed by atoms with E-state index in [9.17, 15) is 4.79 Å². The van der Waals surface area contributed by atoms with Crippen LogP contribution in [0.15, 0.2) is 22.6 Å². The molecule has 0 spiro atoms. The van der Waals surface area contributed by atoms with Gasteiger partial charge in [0, 0.05) is 19.0 Å². The number of rotatable bonds is 4. The smallest absolute Gasteiger partial charge is 0.224 e. The van der Waals surface area contributed by atoms with Gasteiger partial charge < -0.3 is 15.5 Å². The van der Waals surface area contributed by atoms with Crippen molar-refractivity contribution in [3.8, 4) is 0 Å². The Kier molecular flexibility index (Phi) is 4.83. The number of benzene rings is 1. The van der Waals surface area contributed by atoms with Crippen molar-refractivity contribution in [3.63, 3.8) is 0 Å². The van der Waals surface area contributed by atoms with Crippen molar-refractivity contribution in [2.24, 2.45) is 23.5 Å². The number of halogens is 1. The largest absolute Gasteiger partial charge is 0.441 e. The second-order valence-corrected chi connectivity index (χ2v) is 7.01. The zero-order valence-corrected chi connectivity index (χ0v) is 14.6. The highest BCUT2D eigenvalue weighted by molar-refractivity contribution is 5.85. The quantitative estimate of drug-likeness (QED) is 0.889. The second-order valence-electron chi connectivity index (χ2n) is 7.01.